The minimum atomic E-state index is 0.142. The van der Waals surface area contributed by atoms with Crippen molar-refractivity contribution in [1.82, 2.24) is 4.90 Å². The average Bonchev–Trinajstić information content (AvgIpc) is 3.01. The second-order valence-electron chi connectivity index (χ2n) is 6.33. The number of rotatable bonds is 4. The van der Waals surface area contributed by atoms with Crippen molar-refractivity contribution in [1.29, 1.82) is 0 Å². The fourth-order valence-electron chi connectivity index (χ4n) is 2.93. The van der Waals surface area contributed by atoms with Crippen molar-refractivity contribution < 1.29 is 4.79 Å². The molecule has 0 radical (unpaired) electrons. The number of halogens is 1. The molecule has 2 aliphatic rings. The van der Waals surface area contributed by atoms with Crippen LogP contribution >= 0.6 is 11.6 Å². The first-order valence-corrected chi connectivity index (χ1v) is 6.74. The highest BCUT2D eigenvalue weighted by Crippen LogP contribution is 2.69. The smallest absolute Gasteiger partial charge is 0.227 e. The Kier molecular flexibility index (Phi) is 2.77. The van der Waals surface area contributed by atoms with Crippen molar-refractivity contribution >= 4 is 17.5 Å². The molecule has 1 amide bonds. The van der Waals surface area contributed by atoms with Crippen LogP contribution in [0, 0.1) is 16.7 Å². The van der Waals surface area contributed by atoms with Crippen molar-refractivity contribution in [3.05, 3.63) is 0 Å². The van der Waals surface area contributed by atoms with Crippen LogP contribution in [0.15, 0.2) is 0 Å². The molecule has 0 heterocycles. The fourth-order valence-corrected chi connectivity index (χ4v) is 3.11. The summed E-state index contributed by atoms with van der Waals surface area (Å²) in [5.41, 5.74) is 0.285. The minimum absolute atomic E-state index is 0.142. The molecule has 0 saturated heterocycles. The molecular formula is C13H22ClNO. The van der Waals surface area contributed by atoms with E-state index in [0.29, 0.717) is 24.4 Å². The largest absolute Gasteiger partial charge is 0.338 e. The van der Waals surface area contributed by atoms with Crippen LogP contribution in [0.25, 0.3) is 0 Å². The molecule has 0 aliphatic heterocycles. The molecule has 2 fully saturated rings. The highest BCUT2D eigenvalue weighted by atomic mass is 35.5. The summed E-state index contributed by atoms with van der Waals surface area (Å²) in [6.07, 6.45) is 2.33. The van der Waals surface area contributed by atoms with Gasteiger partial charge in [-0.25, -0.2) is 0 Å². The molecule has 3 heteroatoms. The zero-order chi connectivity index (χ0) is 12.1. The number of carbonyl (C=O) groups is 1. The van der Waals surface area contributed by atoms with Gasteiger partial charge in [0.2, 0.25) is 5.91 Å². The van der Waals surface area contributed by atoms with E-state index in [2.05, 4.69) is 27.7 Å². The standard InChI is InChI=1S/C13H22ClNO/c1-12(2)10(13(12,3)4)11(16)15(8-7-14)9-5-6-9/h9-10H,5-8H2,1-4H3. The summed E-state index contributed by atoms with van der Waals surface area (Å²) >= 11 is 5.79. The number of hydrogen-bond acceptors (Lipinski definition) is 1. The van der Waals surface area contributed by atoms with Gasteiger partial charge in [-0.15, -0.1) is 11.6 Å². The highest BCUT2D eigenvalue weighted by molar-refractivity contribution is 6.18. The Morgan fingerprint density at radius 2 is 1.75 bits per heavy atom. The topological polar surface area (TPSA) is 20.3 Å². The van der Waals surface area contributed by atoms with Crippen LogP contribution in [0.1, 0.15) is 40.5 Å². The summed E-state index contributed by atoms with van der Waals surface area (Å²) in [6, 6.07) is 0.485. The van der Waals surface area contributed by atoms with Gasteiger partial charge in [-0.05, 0) is 23.7 Å². The third-order valence-electron chi connectivity index (χ3n) is 4.86. The molecule has 16 heavy (non-hydrogen) atoms. The molecule has 0 atom stereocenters. The summed E-state index contributed by atoms with van der Waals surface area (Å²) in [7, 11) is 0. The van der Waals surface area contributed by atoms with Gasteiger partial charge in [0.1, 0.15) is 0 Å². The Morgan fingerprint density at radius 3 is 2.06 bits per heavy atom. The van der Waals surface area contributed by atoms with Gasteiger partial charge >= 0.3 is 0 Å². The van der Waals surface area contributed by atoms with Gasteiger partial charge in [0.15, 0.2) is 0 Å². The van der Waals surface area contributed by atoms with Crippen LogP contribution in [-0.4, -0.2) is 29.3 Å². The van der Waals surface area contributed by atoms with Crippen LogP contribution in [0.2, 0.25) is 0 Å². The lowest BCUT2D eigenvalue weighted by Crippen LogP contribution is -2.37. The van der Waals surface area contributed by atoms with Crippen LogP contribution < -0.4 is 0 Å². The maximum atomic E-state index is 12.5. The molecular weight excluding hydrogens is 222 g/mol. The Bertz CT molecular complexity index is 293. The molecule has 0 N–H and O–H groups in total. The lowest BCUT2D eigenvalue weighted by atomic mass is 10.0. The van der Waals surface area contributed by atoms with E-state index in [9.17, 15) is 4.79 Å². The van der Waals surface area contributed by atoms with Crippen molar-refractivity contribution in [3.8, 4) is 0 Å². The molecule has 2 rings (SSSR count). The molecule has 0 unspecified atom stereocenters. The number of nitrogens with zero attached hydrogens (tertiary/aromatic N) is 1. The summed E-state index contributed by atoms with van der Waals surface area (Å²) in [5.74, 6) is 1.07. The maximum absolute atomic E-state index is 12.5. The first-order valence-electron chi connectivity index (χ1n) is 6.20. The Labute approximate surface area is 103 Å². The Morgan fingerprint density at radius 1 is 1.25 bits per heavy atom. The normalized spacial score (nSPS) is 26.6. The molecule has 0 aromatic carbocycles. The monoisotopic (exact) mass is 243 g/mol. The lowest BCUT2D eigenvalue weighted by Gasteiger charge is -2.22. The summed E-state index contributed by atoms with van der Waals surface area (Å²) < 4.78 is 0. The third kappa shape index (κ3) is 1.66. The molecule has 0 aromatic heterocycles. The van der Waals surface area contributed by atoms with E-state index >= 15 is 0 Å². The predicted molar refractivity (Wildman–Crippen MR) is 66.5 cm³/mol. The quantitative estimate of drug-likeness (QED) is 0.696. The highest BCUT2D eigenvalue weighted by Gasteiger charge is 2.69. The van der Waals surface area contributed by atoms with Gasteiger partial charge in [-0.2, -0.15) is 0 Å². The fraction of sp³-hybridized carbons (Fsp3) is 0.923. The SMILES string of the molecule is CC1(C)C(C(=O)N(CCCl)C2CC2)C1(C)C. The molecule has 2 aliphatic carbocycles. The van der Waals surface area contributed by atoms with Crippen molar-refractivity contribution in [3.63, 3.8) is 0 Å². The molecule has 0 aromatic rings. The summed E-state index contributed by atoms with van der Waals surface area (Å²) in [4.78, 5) is 14.5. The van der Waals surface area contributed by atoms with E-state index in [0.717, 1.165) is 12.8 Å². The van der Waals surface area contributed by atoms with Crippen molar-refractivity contribution in [2.45, 2.75) is 46.6 Å². The van der Waals surface area contributed by atoms with Gasteiger partial charge < -0.3 is 4.90 Å². The second kappa shape index (κ2) is 3.63. The molecule has 2 nitrogen and oxygen atoms in total. The zero-order valence-corrected chi connectivity index (χ0v) is 11.5. The van der Waals surface area contributed by atoms with Crippen molar-refractivity contribution in [2.75, 3.05) is 12.4 Å². The van der Waals surface area contributed by atoms with Crippen LogP contribution in [-0.2, 0) is 4.79 Å². The van der Waals surface area contributed by atoms with Gasteiger partial charge in [0, 0.05) is 24.4 Å². The van der Waals surface area contributed by atoms with Gasteiger partial charge in [0.05, 0.1) is 0 Å². The van der Waals surface area contributed by atoms with Crippen LogP contribution in [0.5, 0.6) is 0 Å². The van der Waals surface area contributed by atoms with Gasteiger partial charge in [-0.1, -0.05) is 27.7 Å². The van der Waals surface area contributed by atoms with Gasteiger partial charge in [0.25, 0.3) is 0 Å². The summed E-state index contributed by atoms with van der Waals surface area (Å²) in [5, 5.41) is 0. The molecule has 92 valence electrons. The number of carbonyl (C=O) groups excluding carboxylic acids is 1. The van der Waals surface area contributed by atoms with Crippen LogP contribution in [0.4, 0.5) is 0 Å². The van der Waals surface area contributed by atoms with E-state index < -0.39 is 0 Å². The minimum Gasteiger partial charge on any atom is -0.338 e. The lowest BCUT2D eigenvalue weighted by molar-refractivity contribution is -0.134. The number of amides is 1. The number of alkyl halides is 1. The molecule has 0 bridgehead atoms. The average molecular weight is 244 g/mol. The third-order valence-corrected chi connectivity index (χ3v) is 5.03. The maximum Gasteiger partial charge on any atom is 0.227 e. The van der Waals surface area contributed by atoms with Crippen molar-refractivity contribution in [2.24, 2.45) is 16.7 Å². The van der Waals surface area contributed by atoms with E-state index in [1.165, 1.54) is 0 Å². The first-order chi connectivity index (χ1) is 7.34. The number of hydrogen-bond donors (Lipinski definition) is 0. The first kappa shape index (κ1) is 12.2. The van der Waals surface area contributed by atoms with E-state index in [1.54, 1.807) is 0 Å². The predicted octanol–water partition coefficient (Wildman–Crippen LogP) is 2.90. The molecule has 0 spiro atoms. The summed E-state index contributed by atoms with van der Waals surface area (Å²) in [6.45, 7) is 9.50. The van der Waals surface area contributed by atoms with E-state index in [4.69, 9.17) is 11.6 Å². The Balaban J connectivity index is 2.07. The zero-order valence-electron chi connectivity index (χ0n) is 10.7. The van der Waals surface area contributed by atoms with E-state index in [-0.39, 0.29) is 16.7 Å². The Hall–Kier alpha value is -0.240. The van der Waals surface area contributed by atoms with Crippen LogP contribution in [0.3, 0.4) is 0 Å². The molecule has 2 saturated carbocycles. The second-order valence-corrected chi connectivity index (χ2v) is 6.71. The van der Waals surface area contributed by atoms with E-state index in [1.807, 2.05) is 4.90 Å². The van der Waals surface area contributed by atoms with Gasteiger partial charge in [-0.3, -0.25) is 4.79 Å².